The summed E-state index contributed by atoms with van der Waals surface area (Å²) in [6, 6.07) is 3.31. The van der Waals surface area contributed by atoms with Crippen LogP contribution in [0.3, 0.4) is 0 Å². The quantitative estimate of drug-likeness (QED) is 0.842. The maximum atomic E-state index is 12.2. The maximum absolute atomic E-state index is 12.2. The van der Waals surface area contributed by atoms with E-state index in [2.05, 4.69) is 25.0 Å². The molecule has 2 heterocycles. The molecule has 106 valence electrons. The number of hydrogen-bond donors (Lipinski definition) is 2. The van der Waals surface area contributed by atoms with Gasteiger partial charge in [0.1, 0.15) is 0 Å². The lowest BCUT2D eigenvalue weighted by Crippen LogP contribution is -2.25. The molecule has 0 amide bonds. The predicted octanol–water partition coefficient (Wildman–Crippen LogP) is 0.700. The Morgan fingerprint density at radius 1 is 1.20 bits per heavy atom. The monoisotopic (exact) mass is 293 g/mol. The van der Waals surface area contributed by atoms with E-state index in [4.69, 9.17) is 0 Å². The molecule has 0 fully saturated rings. The Bertz CT molecular complexity index is 685. The molecular weight excluding hydrogens is 278 g/mol. The van der Waals surface area contributed by atoms with Crippen LogP contribution in [-0.4, -0.2) is 30.4 Å². The molecule has 7 nitrogen and oxygen atoms in total. The number of hydrogen-bond acceptors (Lipinski definition) is 6. The number of aryl methyl sites for hydroxylation is 1. The lowest BCUT2D eigenvalue weighted by molar-refractivity contribution is 0.577. The van der Waals surface area contributed by atoms with Gasteiger partial charge in [0, 0.05) is 19.4 Å². The van der Waals surface area contributed by atoms with Crippen molar-refractivity contribution in [3.63, 3.8) is 0 Å². The van der Waals surface area contributed by atoms with Gasteiger partial charge in [0.25, 0.3) is 10.0 Å². The first-order valence-electron chi connectivity index (χ1n) is 5.93. The van der Waals surface area contributed by atoms with E-state index in [1.807, 2.05) is 6.92 Å². The highest BCUT2D eigenvalue weighted by Gasteiger charge is 2.19. The normalized spacial score (nSPS) is 11.3. The zero-order chi connectivity index (χ0) is 14.6. The molecule has 0 aliphatic rings. The van der Waals surface area contributed by atoms with E-state index in [1.54, 1.807) is 25.4 Å². The molecule has 2 aromatic rings. The van der Waals surface area contributed by atoms with Crippen molar-refractivity contribution in [1.82, 2.24) is 19.7 Å². The molecule has 0 atom stereocenters. The van der Waals surface area contributed by atoms with Crippen molar-refractivity contribution in [2.24, 2.45) is 0 Å². The van der Waals surface area contributed by atoms with Crippen molar-refractivity contribution in [2.45, 2.75) is 18.5 Å². The van der Waals surface area contributed by atoms with Crippen LogP contribution in [0.25, 0.3) is 0 Å². The van der Waals surface area contributed by atoms with Gasteiger partial charge in [0.15, 0.2) is 5.03 Å². The molecule has 0 aliphatic heterocycles. The molecule has 0 unspecified atom stereocenters. The van der Waals surface area contributed by atoms with Gasteiger partial charge >= 0.3 is 0 Å². The van der Waals surface area contributed by atoms with Crippen LogP contribution >= 0.6 is 0 Å². The smallest absolute Gasteiger partial charge is 0.260 e. The minimum absolute atomic E-state index is 0.0393. The summed E-state index contributed by atoms with van der Waals surface area (Å²) in [5, 5.41) is 2.76. The standard InChI is InChI=1S/C12H15N5O2S/c1-9-6-16-10(7-15-9)8-17-20(18,19)12-11(13-2)4-3-5-14-12/h3-7,13,17H,8H2,1-2H3. The lowest BCUT2D eigenvalue weighted by atomic mass is 10.4. The number of nitrogens with zero attached hydrogens (tertiary/aromatic N) is 3. The molecule has 0 aromatic carbocycles. The molecule has 0 saturated carbocycles. The molecule has 0 bridgehead atoms. The number of anilines is 1. The van der Waals surface area contributed by atoms with Crippen molar-refractivity contribution >= 4 is 15.7 Å². The molecular formula is C12H15N5O2S. The number of rotatable bonds is 5. The number of sulfonamides is 1. The zero-order valence-electron chi connectivity index (χ0n) is 11.2. The minimum atomic E-state index is -3.70. The molecule has 8 heteroatoms. The molecule has 0 spiro atoms. The van der Waals surface area contributed by atoms with Gasteiger partial charge in [-0.1, -0.05) is 0 Å². The maximum Gasteiger partial charge on any atom is 0.260 e. The van der Waals surface area contributed by atoms with Crippen LogP contribution in [-0.2, 0) is 16.6 Å². The van der Waals surface area contributed by atoms with Gasteiger partial charge in [0.05, 0.1) is 29.8 Å². The topological polar surface area (TPSA) is 96.9 Å². The molecule has 0 aliphatic carbocycles. The van der Waals surface area contributed by atoms with Crippen LogP contribution < -0.4 is 10.0 Å². The number of aromatic nitrogens is 3. The predicted molar refractivity (Wildman–Crippen MR) is 74.6 cm³/mol. The molecule has 20 heavy (non-hydrogen) atoms. The second kappa shape index (κ2) is 5.93. The van der Waals surface area contributed by atoms with Crippen LogP contribution in [0.2, 0.25) is 0 Å². The van der Waals surface area contributed by atoms with Crippen LogP contribution in [0.1, 0.15) is 11.4 Å². The Balaban J connectivity index is 2.17. The Morgan fingerprint density at radius 3 is 2.65 bits per heavy atom. The first kappa shape index (κ1) is 14.4. The Morgan fingerprint density at radius 2 is 2.00 bits per heavy atom. The fourth-order valence-electron chi connectivity index (χ4n) is 1.54. The molecule has 2 N–H and O–H groups in total. The highest BCUT2D eigenvalue weighted by atomic mass is 32.2. The summed E-state index contributed by atoms with van der Waals surface area (Å²) in [5.74, 6) is 0. The Hall–Kier alpha value is -2.06. The van der Waals surface area contributed by atoms with E-state index < -0.39 is 10.0 Å². The zero-order valence-corrected chi connectivity index (χ0v) is 12.0. The second-order valence-electron chi connectivity index (χ2n) is 4.08. The van der Waals surface area contributed by atoms with Crippen LogP contribution in [0.5, 0.6) is 0 Å². The van der Waals surface area contributed by atoms with Gasteiger partial charge in [-0.2, -0.15) is 0 Å². The van der Waals surface area contributed by atoms with E-state index in [-0.39, 0.29) is 11.6 Å². The SMILES string of the molecule is CNc1cccnc1S(=O)(=O)NCc1cnc(C)cn1. The van der Waals surface area contributed by atoms with Crippen molar-refractivity contribution in [3.05, 3.63) is 42.1 Å². The summed E-state index contributed by atoms with van der Waals surface area (Å²) < 4.78 is 26.8. The van der Waals surface area contributed by atoms with E-state index in [1.165, 1.54) is 12.4 Å². The first-order valence-corrected chi connectivity index (χ1v) is 7.41. The van der Waals surface area contributed by atoms with Gasteiger partial charge < -0.3 is 5.32 Å². The lowest BCUT2D eigenvalue weighted by Gasteiger charge is -2.09. The highest BCUT2D eigenvalue weighted by Crippen LogP contribution is 2.16. The van der Waals surface area contributed by atoms with Crippen molar-refractivity contribution < 1.29 is 8.42 Å². The Labute approximate surface area is 117 Å². The van der Waals surface area contributed by atoms with Gasteiger partial charge in [-0.05, 0) is 19.1 Å². The highest BCUT2D eigenvalue weighted by molar-refractivity contribution is 7.89. The summed E-state index contributed by atoms with van der Waals surface area (Å²) in [7, 11) is -2.06. The van der Waals surface area contributed by atoms with Crippen LogP contribution in [0.15, 0.2) is 35.7 Å². The largest absolute Gasteiger partial charge is 0.386 e. The third-order valence-corrected chi connectivity index (χ3v) is 3.93. The van der Waals surface area contributed by atoms with Crippen molar-refractivity contribution in [2.75, 3.05) is 12.4 Å². The fourth-order valence-corrected chi connectivity index (χ4v) is 2.68. The van der Waals surface area contributed by atoms with Crippen LogP contribution in [0, 0.1) is 6.92 Å². The van der Waals surface area contributed by atoms with Gasteiger partial charge in [-0.25, -0.2) is 18.1 Å². The van der Waals surface area contributed by atoms with E-state index in [0.29, 0.717) is 11.4 Å². The molecule has 2 rings (SSSR count). The number of nitrogens with one attached hydrogen (secondary N) is 2. The molecule has 2 aromatic heterocycles. The fraction of sp³-hybridized carbons (Fsp3) is 0.250. The average molecular weight is 293 g/mol. The first-order chi connectivity index (χ1) is 9.53. The third-order valence-electron chi connectivity index (χ3n) is 2.57. The second-order valence-corrected chi connectivity index (χ2v) is 5.76. The van der Waals surface area contributed by atoms with Crippen molar-refractivity contribution in [1.29, 1.82) is 0 Å². The van der Waals surface area contributed by atoms with Crippen molar-refractivity contribution in [3.8, 4) is 0 Å². The van der Waals surface area contributed by atoms with E-state index >= 15 is 0 Å². The Kier molecular flexibility index (Phi) is 4.26. The third kappa shape index (κ3) is 3.28. The molecule has 0 radical (unpaired) electrons. The summed E-state index contributed by atoms with van der Waals surface area (Å²) >= 11 is 0. The molecule has 0 saturated heterocycles. The van der Waals surface area contributed by atoms with Gasteiger partial charge in [-0.3, -0.25) is 9.97 Å². The summed E-state index contributed by atoms with van der Waals surface area (Å²) in [4.78, 5) is 12.1. The van der Waals surface area contributed by atoms with Crippen LogP contribution in [0.4, 0.5) is 5.69 Å². The van der Waals surface area contributed by atoms with Gasteiger partial charge in [0.2, 0.25) is 0 Å². The van der Waals surface area contributed by atoms with Gasteiger partial charge in [-0.15, -0.1) is 0 Å². The summed E-state index contributed by atoms with van der Waals surface area (Å²) in [6.07, 6.45) is 4.56. The van der Waals surface area contributed by atoms with E-state index in [0.717, 1.165) is 5.69 Å². The minimum Gasteiger partial charge on any atom is -0.386 e. The summed E-state index contributed by atoms with van der Waals surface area (Å²) in [5.41, 5.74) is 1.76. The number of pyridine rings is 1. The summed E-state index contributed by atoms with van der Waals surface area (Å²) in [6.45, 7) is 1.88. The van der Waals surface area contributed by atoms with E-state index in [9.17, 15) is 8.42 Å². The average Bonchev–Trinajstić information content (AvgIpc) is 2.46.